The number of carbonyl (C=O) groups is 1. The zero-order valence-electron chi connectivity index (χ0n) is 12.1. The first-order chi connectivity index (χ1) is 9.78. The highest BCUT2D eigenvalue weighted by molar-refractivity contribution is 5.79. The molecule has 20 heavy (non-hydrogen) atoms. The average molecular weight is 277 g/mol. The van der Waals surface area contributed by atoms with E-state index in [1.807, 2.05) is 17.0 Å². The molecule has 2 fully saturated rings. The van der Waals surface area contributed by atoms with Gasteiger partial charge in [0.15, 0.2) is 0 Å². The Hall–Kier alpha value is -1.29. The molecule has 1 aromatic heterocycles. The Bertz CT molecular complexity index is 443. The summed E-state index contributed by atoms with van der Waals surface area (Å²) in [4.78, 5) is 14.7. The van der Waals surface area contributed by atoms with Crippen LogP contribution in [0.4, 0.5) is 0 Å². The first-order valence-electron chi connectivity index (χ1n) is 7.58. The lowest BCUT2D eigenvalue weighted by Crippen LogP contribution is -2.39. The molecule has 1 amide bonds. The minimum absolute atomic E-state index is 0.237. The summed E-state index contributed by atoms with van der Waals surface area (Å²) in [6.45, 7) is 1.78. The Morgan fingerprint density at radius 1 is 1.45 bits per heavy atom. The number of nitrogens with zero attached hydrogens (tertiary/aromatic N) is 1. The molecule has 2 bridgehead atoms. The summed E-state index contributed by atoms with van der Waals surface area (Å²) in [6, 6.07) is 3.79. The van der Waals surface area contributed by atoms with E-state index in [0.29, 0.717) is 31.5 Å². The van der Waals surface area contributed by atoms with Gasteiger partial charge in [-0.25, -0.2) is 0 Å². The molecule has 0 N–H and O–H groups in total. The molecule has 110 valence electrons. The number of ether oxygens (including phenoxy) is 1. The van der Waals surface area contributed by atoms with Crippen molar-refractivity contribution in [2.45, 2.75) is 32.2 Å². The van der Waals surface area contributed by atoms with Crippen LogP contribution in [0.25, 0.3) is 0 Å². The number of methoxy groups -OCH3 is 1. The van der Waals surface area contributed by atoms with E-state index in [1.165, 1.54) is 19.3 Å². The molecule has 2 aliphatic carbocycles. The molecule has 0 saturated heterocycles. The lowest BCUT2D eigenvalue weighted by molar-refractivity contribution is -0.138. The Morgan fingerprint density at radius 3 is 2.95 bits per heavy atom. The van der Waals surface area contributed by atoms with Crippen LogP contribution in [-0.4, -0.2) is 31.1 Å². The molecule has 0 aliphatic heterocycles. The Balaban J connectivity index is 1.66. The van der Waals surface area contributed by atoms with Crippen molar-refractivity contribution in [3.8, 4) is 0 Å². The summed E-state index contributed by atoms with van der Waals surface area (Å²) >= 11 is 0. The third-order valence-electron chi connectivity index (χ3n) is 4.86. The molecule has 3 unspecified atom stereocenters. The predicted molar refractivity (Wildman–Crippen MR) is 74.9 cm³/mol. The normalized spacial score (nSPS) is 27.9. The van der Waals surface area contributed by atoms with E-state index in [4.69, 9.17) is 9.15 Å². The van der Waals surface area contributed by atoms with E-state index < -0.39 is 0 Å². The molecule has 0 spiro atoms. The second-order valence-electron chi connectivity index (χ2n) is 6.11. The molecular weight excluding hydrogens is 254 g/mol. The highest BCUT2D eigenvalue weighted by Crippen LogP contribution is 2.48. The van der Waals surface area contributed by atoms with E-state index >= 15 is 0 Å². The van der Waals surface area contributed by atoms with Gasteiger partial charge in [-0.1, -0.05) is 6.42 Å². The third kappa shape index (κ3) is 2.75. The van der Waals surface area contributed by atoms with Gasteiger partial charge in [0, 0.05) is 19.6 Å². The molecular formula is C16H23NO3. The highest BCUT2D eigenvalue weighted by Gasteiger charge is 2.44. The smallest absolute Gasteiger partial charge is 0.226 e. The van der Waals surface area contributed by atoms with Crippen LogP contribution in [0.1, 0.15) is 31.4 Å². The fraction of sp³-hybridized carbons (Fsp3) is 0.688. The monoisotopic (exact) mass is 277 g/mol. The van der Waals surface area contributed by atoms with E-state index in [1.54, 1.807) is 13.4 Å². The molecule has 1 aromatic rings. The average Bonchev–Trinajstić information content (AvgIpc) is 3.19. The van der Waals surface area contributed by atoms with Gasteiger partial charge in [0.1, 0.15) is 5.76 Å². The topological polar surface area (TPSA) is 42.7 Å². The second kappa shape index (κ2) is 6.00. The van der Waals surface area contributed by atoms with Gasteiger partial charge in [-0.05, 0) is 43.2 Å². The largest absolute Gasteiger partial charge is 0.467 e. The van der Waals surface area contributed by atoms with Gasteiger partial charge in [-0.15, -0.1) is 0 Å². The molecule has 4 heteroatoms. The van der Waals surface area contributed by atoms with Crippen molar-refractivity contribution in [3.05, 3.63) is 24.2 Å². The van der Waals surface area contributed by atoms with Gasteiger partial charge in [-0.3, -0.25) is 4.79 Å². The minimum atomic E-state index is 0.237. The van der Waals surface area contributed by atoms with Crippen molar-refractivity contribution in [1.82, 2.24) is 4.90 Å². The lowest BCUT2D eigenvalue weighted by Gasteiger charge is -2.28. The van der Waals surface area contributed by atoms with Crippen LogP contribution in [-0.2, 0) is 16.1 Å². The first kappa shape index (κ1) is 13.7. The number of furan rings is 1. The van der Waals surface area contributed by atoms with Crippen molar-refractivity contribution in [1.29, 1.82) is 0 Å². The summed E-state index contributed by atoms with van der Waals surface area (Å²) in [5.41, 5.74) is 0. The summed E-state index contributed by atoms with van der Waals surface area (Å²) in [6.07, 6.45) is 6.57. The number of amides is 1. The van der Waals surface area contributed by atoms with Crippen LogP contribution in [0.3, 0.4) is 0 Å². The van der Waals surface area contributed by atoms with E-state index in [2.05, 4.69) is 0 Å². The lowest BCUT2D eigenvalue weighted by atomic mass is 9.87. The molecule has 0 radical (unpaired) electrons. The van der Waals surface area contributed by atoms with Crippen LogP contribution in [0.5, 0.6) is 0 Å². The van der Waals surface area contributed by atoms with Crippen molar-refractivity contribution >= 4 is 5.91 Å². The van der Waals surface area contributed by atoms with Crippen LogP contribution >= 0.6 is 0 Å². The first-order valence-corrected chi connectivity index (χ1v) is 7.58. The zero-order chi connectivity index (χ0) is 13.9. The van der Waals surface area contributed by atoms with Gasteiger partial charge in [-0.2, -0.15) is 0 Å². The van der Waals surface area contributed by atoms with Gasteiger partial charge in [0.25, 0.3) is 0 Å². The van der Waals surface area contributed by atoms with Crippen molar-refractivity contribution < 1.29 is 13.9 Å². The molecule has 0 aromatic carbocycles. The number of carbonyl (C=O) groups excluding carboxylic acids is 1. The maximum absolute atomic E-state index is 12.8. The quantitative estimate of drug-likeness (QED) is 0.803. The summed E-state index contributed by atoms with van der Waals surface area (Å²) in [7, 11) is 1.67. The molecule has 2 saturated carbocycles. The zero-order valence-corrected chi connectivity index (χ0v) is 12.1. The summed E-state index contributed by atoms with van der Waals surface area (Å²) < 4.78 is 10.5. The molecule has 2 aliphatic rings. The fourth-order valence-electron chi connectivity index (χ4n) is 3.84. The van der Waals surface area contributed by atoms with Gasteiger partial charge < -0.3 is 14.1 Å². The number of rotatable bonds is 6. The predicted octanol–water partition coefficient (Wildman–Crippen LogP) is 2.69. The highest BCUT2D eigenvalue weighted by atomic mass is 16.5. The van der Waals surface area contributed by atoms with E-state index in [-0.39, 0.29) is 5.92 Å². The van der Waals surface area contributed by atoms with E-state index in [9.17, 15) is 4.79 Å². The number of hydrogen-bond donors (Lipinski definition) is 0. The van der Waals surface area contributed by atoms with Gasteiger partial charge in [0.05, 0.1) is 19.4 Å². The Morgan fingerprint density at radius 2 is 2.35 bits per heavy atom. The second-order valence-corrected chi connectivity index (χ2v) is 6.11. The maximum atomic E-state index is 12.8. The molecule has 1 heterocycles. The Kier molecular flexibility index (Phi) is 4.10. The van der Waals surface area contributed by atoms with Crippen LogP contribution in [0.2, 0.25) is 0 Å². The minimum Gasteiger partial charge on any atom is -0.467 e. The van der Waals surface area contributed by atoms with Crippen LogP contribution < -0.4 is 0 Å². The SMILES string of the molecule is COCCN(Cc1ccco1)C(=O)C1CC2CCC1C2. The van der Waals surface area contributed by atoms with Crippen molar-refractivity contribution in [2.24, 2.45) is 17.8 Å². The molecule has 3 atom stereocenters. The van der Waals surface area contributed by atoms with Crippen molar-refractivity contribution in [2.75, 3.05) is 20.3 Å². The summed E-state index contributed by atoms with van der Waals surface area (Å²) in [5, 5.41) is 0. The number of fused-ring (bicyclic) bond motifs is 2. The van der Waals surface area contributed by atoms with Gasteiger partial charge in [0.2, 0.25) is 5.91 Å². The maximum Gasteiger partial charge on any atom is 0.226 e. The standard InChI is InChI=1S/C16H23NO3/c1-19-8-6-17(11-14-3-2-7-20-14)16(18)15-10-12-4-5-13(15)9-12/h2-3,7,12-13,15H,4-6,8-11H2,1H3. The van der Waals surface area contributed by atoms with E-state index in [0.717, 1.165) is 18.1 Å². The summed E-state index contributed by atoms with van der Waals surface area (Å²) in [5.74, 6) is 2.79. The third-order valence-corrected chi connectivity index (χ3v) is 4.86. The fourth-order valence-corrected chi connectivity index (χ4v) is 3.84. The van der Waals surface area contributed by atoms with Gasteiger partial charge >= 0.3 is 0 Å². The number of hydrogen-bond acceptors (Lipinski definition) is 3. The van der Waals surface area contributed by atoms with Crippen LogP contribution in [0, 0.1) is 17.8 Å². The van der Waals surface area contributed by atoms with Crippen molar-refractivity contribution in [3.63, 3.8) is 0 Å². The Labute approximate surface area is 120 Å². The molecule has 4 nitrogen and oxygen atoms in total. The molecule has 3 rings (SSSR count). The van der Waals surface area contributed by atoms with Crippen LogP contribution in [0.15, 0.2) is 22.8 Å².